The van der Waals surface area contributed by atoms with Gasteiger partial charge in [-0.1, -0.05) is 32.0 Å². The number of carbonyl (C=O) groups is 1. The van der Waals surface area contributed by atoms with Crippen molar-refractivity contribution in [2.75, 3.05) is 6.54 Å². The molecule has 1 aromatic heterocycles. The third kappa shape index (κ3) is 3.62. The Labute approximate surface area is 128 Å². The molecule has 0 fully saturated rings. The van der Waals surface area contributed by atoms with Crippen LogP contribution >= 0.6 is 22.9 Å². The summed E-state index contributed by atoms with van der Waals surface area (Å²) in [6.07, 6.45) is 0. The molecule has 1 heterocycles. The summed E-state index contributed by atoms with van der Waals surface area (Å²) in [6.45, 7) is 4.88. The van der Waals surface area contributed by atoms with Gasteiger partial charge in [-0.05, 0) is 29.1 Å². The van der Waals surface area contributed by atoms with E-state index >= 15 is 0 Å². The lowest BCUT2D eigenvalue weighted by Gasteiger charge is -2.23. The summed E-state index contributed by atoms with van der Waals surface area (Å²) in [4.78, 5) is 13.4. The molecule has 0 aliphatic heterocycles. The molecule has 1 aromatic carbocycles. The van der Waals surface area contributed by atoms with E-state index in [1.807, 2.05) is 30.3 Å². The molecule has 2 aromatic rings. The highest BCUT2D eigenvalue weighted by molar-refractivity contribution is 7.10. The van der Waals surface area contributed by atoms with Crippen LogP contribution in [0.4, 0.5) is 0 Å². The average molecular weight is 308 g/mol. The molecule has 106 valence electrons. The lowest BCUT2D eigenvalue weighted by molar-refractivity contribution is 0.0946. The molecule has 1 N–H and O–H groups in total. The Bertz CT molecular complexity index is 578. The molecule has 20 heavy (non-hydrogen) atoms. The van der Waals surface area contributed by atoms with Crippen molar-refractivity contribution in [3.05, 3.63) is 57.8 Å². The third-order valence-electron chi connectivity index (χ3n) is 3.22. The van der Waals surface area contributed by atoms with Gasteiger partial charge in [-0.15, -0.1) is 22.9 Å². The molecule has 2 rings (SSSR count). The fourth-order valence-electron chi connectivity index (χ4n) is 1.95. The Morgan fingerprint density at radius 3 is 2.75 bits per heavy atom. The molecular formula is C16H18ClNOS. The van der Waals surface area contributed by atoms with Crippen LogP contribution in [0.2, 0.25) is 0 Å². The van der Waals surface area contributed by atoms with Gasteiger partial charge < -0.3 is 5.32 Å². The van der Waals surface area contributed by atoms with Gasteiger partial charge in [0.2, 0.25) is 0 Å². The first-order chi connectivity index (χ1) is 9.53. The molecule has 0 atom stereocenters. The molecule has 0 bridgehead atoms. The number of alkyl halides is 1. The summed E-state index contributed by atoms with van der Waals surface area (Å²) >= 11 is 7.51. The monoisotopic (exact) mass is 307 g/mol. The lowest BCUT2D eigenvalue weighted by atomic mass is 9.91. The van der Waals surface area contributed by atoms with E-state index < -0.39 is 0 Å². The van der Waals surface area contributed by atoms with Crippen molar-refractivity contribution in [1.29, 1.82) is 0 Å². The van der Waals surface area contributed by atoms with Gasteiger partial charge in [0, 0.05) is 28.3 Å². The number of thiophene rings is 1. The maximum absolute atomic E-state index is 12.2. The summed E-state index contributed by atoms with van der Waals surface area (Å²) in [5, 5.41) is 5.06. The highest BCUT2D eigenvalue weighted by atomic mass is 35.5. The van der Waals surface area contributed by atoms with Gasteiger partial charge >= 0.3 is 0 Å². The fourth-order valence-corrected chi connectivity index (χ4v) is 2.97. The molecule has 0 aliphatic carbocycles. The summed E-state index contributed by atoms with van der Waals surface area (Å²) < 4.78 is 0. The van der Waals surface area contributed by atoms with Crippen LogP contribution < -0.4 is 5.32 Å². The lowest BCUT2D eigenvalue weighted by Crippen LogP contribution is -2.36. The van der Waals surface area contributed by atoms with Crippen LogP contribution in [0.3, 0.4) is 0 Å². The van der Waals surface area contributed by atoms with Crippen molar-refractivity contribution >= 4 is 28.8 Å². The van der Waals surface area contributed by atoms with Crippen molar-refractivity contribution in [2.24, 2.45) is 0 Å². The number of hydrogen-bond donors (Lipinski definition) is 1. The van der Waals surface area contributed by atoms with Gasteiger partial charge in [0.25, 0.3) is 5.91 Å². The second kappa shape index (κ2) is 6.42. The van der Waals surface area contributed by atoms with Gasteiger partial charge in [-0.2, -0.15) is 0 Å². The van der Waals surface area contributed by atoms with Gasteiger partial charge in [0.1, 0.15) is 0 Å². The van der Waals surface area contributed by atoms with Crippen molar-refractivity contribution in [3.8, 4) is 0 Å². The number of hydrogen-bond acceptors (Lipinski definition) is 2. The van der Waals surface area contributed by atoms with E-state index in [1.54, 1.807) is 11.3 Å². The Kier molecular flexibility index (Phi) is 4.84. The van der Waals surface area contributed by atoms with Crippen LogP contribution in [0.1, 0.15) is 34.6 Å². The van der Waals surface area contributed by atoms with Crippen LogP contribution in [0.25, 0.3) is 0 Å². The maximum atomic E-state index is 12.2. The van der Waals surface area contributed by atoms with E-state index in [1.165, 1.54) is 4.88 Å². The quantitative estimate of drug-likeness (QED) is 0.824. The summed E-state index contributed by atoms with van der Waals surface area (Å²) in [5.41, 5.74) is 1.55. The summed E-state index contributed by atoms with van der Waals surface area (Å²) in [6, 6.07) is 11.6. The first-order valence-electron chi connectivity index (χ1n) is 6.50. The number of rotatable bonds is 5. The Hall–Kier alpha value is -1.32. The minimum Gasteiger partial charge on any atom is -0.351 e. The SMILES string of the molecule is CC(C)(CNC(=O)c1cccc(CCl)c1)c1cccs1. The van der Waals surface area contributed by atoms with E-state index in [2.05, 4.69) is 30.6 Å². The molecule has 0 aliphatic rings. The van der Waals surface area contributed by atoms with Crippen molar-refractivity contribution < 1.29 is 4.79 Å². The second-order valence-corrected chi connectivity index (χ2v) is 6.59. The van der Waals surface area contributed by atoms with E-state index in [0.29, 0.717) is 18.0 Å². The average Bonchev–Trinajstić information content (AvgIpc) is 3.00. The van der Waals surface area contributed by atoms with Crippen molar-refractivity contribution in [1.82, 2.24) is 5.32 Å². The van der Waals surface area contributed by atoms with Gasteiger partial charge in [0.05, 0.1) is 0 Å². The zero-order valence-corrected chi connectivity index (χ0v) is 13.2. The molecule has 4 heteroatoms. The third-order valence-corrected chi connectivity index (χ3v) is 4.77. The maximum Gasteiger partial charge on any atom is 0.251 e. The summed E-state index contributed by atoms with van der Waals surface area (Å²) in [7, 11) is 0. The minimum atomic E-state index is -0.0616. The minimum absolute atomic E-state index is 0.0541. The molecule has 0 spiro atoms. The molecule has 0 saturated carbocycles. The Balaban J connectivity index is 2.01. The van der Waals surface area contributed by atoms with Crippen LogP contribution in [-0.4, -0.2) is 12.5 Å². The normalized spacial score (nSPS) is 11.3. The Morgan fingerprint density at radius 1 is 1.30 bits per heavy atom. The van der Waals surface area contributed by atoms with E-state index in [9.17, 15) is 4.79 Å². The second-order valence-electron chi connectivity index (χ2n) is 5.38. The predicted molar refractivity (Wildman–Crippen MR) is 85.7 cm³/mol. The highest BCUT2D eigenvalue weighted by Crippen LogP contribution is 2.26. The standard InChI is InChI=1S/C16H18ClNOS/c1-16(2,14-7-4-8-20-14)11-18-15(19)13-6-3-5-12(9-13)10-17/h3-9H,10-11H2,1-2H3,(H,18,19). The zero-order chi connectivity index (χ0) is 14.6. The van der Waals surface area contributed by atoms with Crippen LogP contribution in [0.15, 0.2) is 41.8 Å². The Morgan fingerprint density at radius 2 is 2.10 bits per heavy atom. The van der Waals surface area contributed by atoms with E-state index in [0.717, 1.165) is 5.56 Å². The number of carbonyl (C=O) groups excluding carboxylic acids is 1. The molecule has 2 nitrogen and oxygen atoms in total. The largest absolute Gasteiger partial charge is 0.351 e. The van der Waals surface area contributed by atoms with E-state index in [4.69, 9.17) is 11.6 Å². The van der Waals surface area contributed by atoms with Crippen LogP contribution in [-0.2, 0) is 11.3 Å². The highest BCUT2D eigenvalue weighted by Gasteiger charge is 2.22. The van der Waals surface area contributed by atoms with Crippen LogP contribution in [0, 0.1) is 0 Å². The van der Waals surface area contributed by atoms with Gasteiger partial charge in [0.15, 0.2) is 0 Å². The number of benzene rings is 1. The van der Waals surface area contributed by atoms with Crippen molar-refractivity contribution in [2.45, 2.75) is 25.1 Å². The van der Waals surface area contributed by atoms with Gasteiger partial charge in [-0.3, -0.25) is 4.79 Å². The predicted octanol–water partition coefficient (Wildman–Crippen LogP) is 4.19. The van der Waals surface area contributed by atoms with Crippen LogP contribution in [0.5, 0.6) is 0 Å². The molecule has 0 unspecified atom stereocenters. The molecule has 1 amide bonds. The van der Waals surface area contributed by atoms with E-state index in [-0.39, 0.29) is 11.3 Å². The zero-order valence-electron chi connectivity index (χ0n) is 11.7. The topological polar surface area (TPSA) is 29.1 Å². The first kappa shape index (κ1) is 15.1. The molecule has 0 radical (unpaired) electrons. The molecule has 0 saturated heterocycles. The first-order valence-corrected chi connectivity index (χ1v) is 7.91. The van der Waals surface area contributed by atoms with Crippen molar-refractivity contribution in [3.63, 3.8) is 0 Å². The number of nitrogens with one attached hydrogen (secondary N) is 1. The smallest absolute Gasteiger partial charge is 0.251 e. The van der Waals surface area contributed by atoms with Gasteiger partial charge in [-0.25, -0.2) is 0 Å². The summed E-state index contributed by atoms with van der Waals surface area (Å²) in [5.74, 6) is 0.364. The number of amides is 1. The number of halogens is 1. The molecular weight excluding hydrogens is 290 g/mol. The fraction of sp³-hybridized carbons (Fsp3) is 0.312.